The lowest BCUT2D eigenvalue weighted by molar-refractivity contribution is 1.32. The Labute approximate surface area is 281 Å². The van der Waals surface area contributed by atoms with E-state index >= 15 is 0 Å². The smallest absolute Gasteiger partial charge is 0.0715 e. The molecule has 0 bridgehead atoms. The van der Waals surface area contributed by atoms with Crippen LogP contribution in [-0.4, -0.2) is 9.97 Å². The first kappa shape index (κ1) is 29.1. The zero-order chi connectivity index (χ0) is 32.1. The lowest BCUT2D eigenvalue weighted by Crippen LogP contribution is -1.91. The first-order valence-corrected chi connectivity index (χ1v) is 16.2. The molecule has 0 aliphatic carbocycles. The monoisotopic (exact) mass is 612 g/mol. The van der Waals surface area contributed by atoms with Gasteiger partial charge in [0, 0.05) is 22.3 Å². The molecule has 0 atom stereocenters. The molecule has 0 aliphatic heterocycles. The molecule has 48 heavy (non-hydrogen) atoms. The summed E-state index contributed by atoms with van der Waals surface area (Å²) in [6.45, 7) is 0. The third kappa shape index (κ3) is 6.20. The summed E-state index contributed by atoms with van der Waals surface area (Å²) in [6, 6.07) is 68.0. The Morgan fingerprint density at radius 1 is 0.188 bits per heavy atom. The molecule has 0 radical (unpaired) electrons. The number of rotatable bonds is 7. The van der Waals surface area contributed by atoms with E-state index in [4.69, 9.17) is 9.97 Å². The van der Waals surface area contributed by atoms with Crippen LogP contribution in [0.2, 0.25) is 0 Å². The van der Waals surface area contributed by atoms with Crippen molar-refractivity contribution in [2.75, 3.05) is 0 Å². The Hall–Kier alpha value is -6.38. The number of benzene rings is 6. The van der Waals surface area contributed by atoms with Gasteiger partial charge in [-0.1, -0.05) is 170 Å². The summed E-state index contributed by atoms with van der Waals surface area (Å²) in [5.74, 6) is 0. The second kappa shape index (κ2) is 13.2. The number of pyridine rings is 2. The molecule has 2 aromatic heterocycles. The van der Waals surface area contributed by atoms with E-state index in [9.17, 15) is 0 Å². The van der Waals surface area contributed by atoms with Crippen LogP contribution in [0.15, 0.2) is 194 Å². The molecule has 0 saturated heterocycles. The Kier molecular flexibility index (Phi) is 7.96. The highest BCUT2D eigenvalue weighted by molar-refractivity contribution is 5.80. The van der Waals surface area contributed by atoms with E-state index in [1.807, 2.05) is 24.3 Å². The van der Waals surface area contributed by atoms with Gasteiger partial charge >= 0.3 is 0 Å². The molecule has 0 aliphatic rings. The fourth-order valence-corrected chi connectivity index (χ4v) is 6.13. The van der Waals surface area contributed by atoms with Gasteiger partial charge in [-0.25, -0.2) is 9.97 Å². The molecule has 226 valence electrons. The quantitative estimate of drug-likeness (QED) is 0.179. The molecule has 2 heteroatoms. The van der Waals surface area contributed by atoms with E-state index in [-0.39, 0.29) is 0 Å². The van der Waals surface area contributed by atoms with Crippen molar-refractivity contribution in [2.24, 2.45) is 0 Å². The van der Waals surface area contributed by atoms with Crippen molar-refractivity contribution in [3.05, 3.63) is 194 Å². The minimum atomic E-state index is 0.966. The number of hydrogen-bond donors (Lipinski definition) is 0. The van der Waals surface area contributed by atoms with Gasteiger partial charge in [-0.15, -0.1) is 0 Å². The highest BCUT2D eigenvalue weighted by Crippen LogP contribution is 2.34. The van der Waals surface area contributed by atoms with Gasteiger partial charge in [0.1, 0.15) is 0 Å². The Bertz CT molecular complexity index is 2000. The fourth-order valence-electron chi connectivity index (χ4n) is 6.13. The summed E-state index contributed by atoms with van der Waals surface area (Å²) >= 11 is 0. The molecule has 0 N–H and O–H groups in total. The van der Waals surface area contributed by atoms with Gasteiger partial charge in [-0.2, -0.15) is 0 Å². The average molecular weight is 613 g/mol. The highest BCUT2D eigenvalue weighted by Gasteiger charge is 2.11. The Morgan fingerprint density at radius 3 is 0.625 bits per heavy atom. The van der Waals surface area contributed by atoms with Crippen LogP contribution in [0, 0.1) is 0 Å². The molecule has 6 aromatic carbocycles. The third-order valence-electron chi connectivity index (χ3n) is 8.70. The van der Waals surface area contributed by atoms with Crippen molar-refractivity contribution in [1.82, 2.24) is 9.97 Å². The summed E-state index contributed by atoms with van der Waals surface area (Å²) in [7, 11) is 0. The lowest BCUT2D eigenvalue weighted by Gasteiger charge is -2.12. The van der Waals surface area contributed by atoms with E-state index in [1.54, 1.807) is 0 Å². The van der Waals surface area contributed by atoms with Crippen LogP contribution in [0.5, 0.6) is 0 Å². The van der Waals surface area contributed by atoms with Gasteiger partial charge in [-0.05, 0) is 57.6 Å². The zero-order valence-corrected chi connectivity index (χ0v) is 26.4. The third-order valence-corrected chi connectivity index (χ3v) is 8.70. The molecular formula is C46H32N2. The zero-order valence-electron chi connectivity index (χ0n) is 26.4. The van der Waals surface area contributed by atoms with Gasteiger partial charge < -0.3 is 0 Å². The largest absolute Gasteiger partial charge is 0.248 e. The minimum absolute atomic E-state index is 0.966. The molecular weight excluding hydrogens is 581 g/mol. The second-order valence-corrected chi connectivity index (χ2v) is 11.9. The van der Waals surface area contributed by atoms with Crippen LogP contribution >= 0.6 is 0 Å². The maximum absolute atomic E-state index is 5.04. The van der Waals surface area contributed by atoms with Crippen LogP contribution in [-0.2, 0) is 0 Å². The van der Waals surface area contributed by atoms with Gasteiger partial charge in [-0.3, -0.25) is 0 Å². The van der Waals surface area contributed by atoms with E-state index in [0.717, 1.165) is 67.3 Å². The molecule has 0 spiro atoms. The van der Waals surface area contributed by atoms with Gasteiger partial charge in [0.2, 0.25) is 0 Å². The Morgan fingerprint density at radius 2 is 0.396 bits per heavy atom. The van der Waals surface area contributed by atoms with Gasteiger partial charge in [0.15, 0.2) is 0 Å². The summed E-state index contributed by atoms with van der Waals surface area (Å²) in [5, 5.41) is 0. The van der Waals surface area contributed by atoms with Gasteiger partial charge in [0.05, 0.1) is 22.8 Å². The number of hydrogen-bond acceptors (Lipinski definition) is 2. The summed E-state index contributed by atoms with van der Waals surface area (Å²) < 4.78 is 0. The lowest BCUT2D eigenvalue weighted by atomic mass is 9.96. The van der Waals surface area contributed by atoms with E-state index in [0.29, 0.717) is 0 Å². The van der Waals surface area contributed by atoms with Crippen molar-refractivity contribution in [1.29, 1.82) is 0 Å². The topological polar surface area (TPSA) is 25.8 Å². The van der Waals surface area contributed by atoms with E-state index in [2.05, 4.69) is 170 Å². The number of nitrogens with zero attached hydrogens (tertiary/aromatic N) is 2. The maximum Gasteiger partial charge on any atom is 0.0715 e. The summed E-state index contributed by atoms with van der Waals surface area (Å²) in [6.07, 6.45) is 0. The van der Waals surface area contributed by atoms with E-state index in [1.165, 1.54) is 11.1 Å². The molecule has 2 heterocycles. The molecule has 0 saturated carbocycles. The van der Waals surface area contributed by atoms with Crippen molar-refractivity contribution >= 4 is 0 Å². The van der Waals surface area contributed by atoms with Crippen LogP contribution < -0.4 is 0 Å². The second-order valence-electron chi connectivity index (χ2n) is 11.9. The molecule has 8 aromatic rings. The molecule has 2 nitrogen and oxygen atoms in total. The summed E-state index contributed by atoms with van der Waals surface area (Å²) in [5.41, 5.74) is 15.2. The van der Waals surface area contributed by atoms with Crippen molar-refractivity contribution < 1.29 is 0 Å². The summed E-state index contributed by atoms with van der Waals surface area (Å²) in [4.78, 5) is 10.1. The van der Waals surface area contributed by atoms with Gasteiger partial charge in [0.25, 0.3) is 0 Å². The molecule has 0 unspecified atom stereocenters. The first-order valence-electron chi connectivity index (χ1n) is 16.2. The van der Waals surface area contributed by atoms with Crippen LogP contribution in [0.1, 0.15) is 0 Å². The van der Waals surface area contributed by atoms with Crippen molar-refractivity contribution in [2.45, 2.75) is 0 Å². The molecule has 0 fully saturated rings. The SMILES string of the molecule is c1ccc(-c2cc(-c3ccc(-c4ccc(-c5cc(-c6ccccc6)nc(-c6ccccc6)c5)cc4)cc3)cc(-c3ccccc3)n2)cc1. The number of aromatic nitrogens is 2. The predicted molar refractivity (Wildman–Crippen MR) is 200 cm³/mol. The van der Waals surface area contributed by atoms with E-state index < -0.39 is 0 Å². The fraction of sp³-hybridized carbons (Fsp3) is 0. The van der Waals surface area contributed by atoms with Crippen LogP contribution in [0.25, 0.3) is 78.4 Å². The van der Waals surface area contributed by atoms with Crippen molar-refractivity contribution in [3.8, 4) is 78.4 Å². The highest BCUT2D eigenvalue weighted by atomic mass is 14.7. The minimum Gasteiger partial charge on any atom is -0.248 e. The predicted octanol–water partition coefficient (Wildman–Crippen LogP) is 12.1. The maximum atomic E-state index is 5.04. The van der Waals surface area contributed by atoms with Crippen LogP contribution in [0.4, 0.5) is 0 Å². The normalized spacial score (nSPS) is 10.9. The van der Waals surface area contributed by atoms with Crippen LogP contribution in [0.3, 0.4) is 0 Å². The van der Waals surface area contributed by atoms with Crippen molar-refractivity contribution in [3.63, 3.8) is 0 Å². The Balaban J connectivity index is 1.11. The standard InChI is InChI=1S/C46H32N2/c1-5-13-37(14-6-1)43-29-41(30-44(47-43)38-15-7-2-8-16-38)35-25-21-33(22-26-35)34-23-27-36(28-24-34)42-31-45(39-17-9-3-10-18-39)48-46(32-42)40-19-11-4-12-20-40/h1-32H. The molecule has 8 rings (SSSR count). The first-order chi connectivity index (χ1) is 23.8. The average Bonchev–Trinajstić information content (AvgIpc) is 3.19. The molecule has 0 amide bonds.